The number of benzene rings is 1. The van der Waals surface area contributed by atoms with E-state index in [1.165, 1.54) is 18.2 Å². The summed E-state index contributed by atoms with van der Waals surface area (Å²) in [5, 5.41) is 0.672. The lowest BCUT2D eigenvalue weighted by atomic mass is 9.95. The molecule has 13 heteroatoms. The van der Waals surface area contributed by atoms with Gasteiger partial charge in [-0.1, -0.05) is 114 Å². The quantitative estimate of drug-likeness (QED) is 0.0962. The number of hydrogen-bond acceptors (Lipinski definition) is 3. The van der Waals surface area contributed by atoms with Crippen LogP contribution >= 0.6 is 112 Å². The molecule has 1 aromatic carbocycles. The first kappa shape index (κ1) is 29.6. The second-order valence-electron chi connectivity index (χ2n) is 6.58. The standard InChI is InChI=1S/C19H16BBr7O4S/c1-9(22)17(27)8-31-18-13(20)2-11(3-14(18)24)32(28,29)12-4-15(25)19(16(26)5-12)30-7-10(23)6-21/h2-5,7,9-10,15,17H,6,8H2,1H3. The molecule has 0 heterocycles. The molecule has 0 N–H and O–H groups in total. The number of allylic oxidation sites excluding steroid dienone is 1. The predicted molar refractivity (Wildman–Crippen MR) is 157 cm³/mol. The van der Waals surface area contributed by atoms with Crippen molar-refractivity contribution in [2.24, 2.45) is 0 Å². The molecule has 0 amide bonds. The van der Waals surface area contributed by atoms with E-state index in [1.807, 2.05) is 6.92 Å². The number of hydrogen-bond donors (Lipinski definition) is 0. The van der Waals surface area contributed by atoms with Crippen molar-refractivity contribution < 1.29 is 17.6 Å². The second-order valence-corrected chi connectivity index (χ2v) is 15.7. The highest BCUT2D eigenvalue weighted by molar-refractivity contribution is 9.12. The largest absolute Gasteiger partial charge is 0.492 e. The Bertz CT molecular complexity index is 1000. The van der Waals surface area contributed by atoms with Gasteiger partial charge in [-0.25, -0.2) is 8.42 Å². The van der Waals surface area contributed by atoms with Crippen LogP contribution in [-0.4, -0.2) is 53.8 Å². The zero-order valence-corrected chi connectivity index (χ0v) is 28.3. The highest BCUT2D eigenvalue weighted by Gasteiger charge is 2.32. The fourth-order valence-corrected chi connectivity index (χ4v) is 6.96. The van der Waals surface area contributed by atoms with Gasteiger partial charge in [0.05, 0.1) is 19.0 Å². The van der Waals surface area contributed by atoms with Gasteiger partial charge in [0.2, 0.25) is 12.4 Å². The maximum atomic E-state index is 13.3. The van der Waals surface area contributed by atoms with E-state index in [2.05, 4.69) is 112 Å². The van der Waals surface area contributed by atoms with Gasteiger partial charge < -0.3 is 9.16 Å². The SMILES string of the molecule is [B]c1cc(S(=O)(=O)C2=CC(Br)[C-]([O+]=CC(Br)CBr)C(Br)=C2)cc(Br)c1OCC(Br)C(C)Br. The zero-order valence-electron chi connectivity index (χ0n) is 16.4. The van der Waals surface area contributed by atoms with Gasteiger partial charge in [-0.05, 0) is 28.1 Å². The van der Waals surface area contributed by atoms with Crippen LogP contribution in [0.5, 0.6) is 5.75 Å². The molecule has 0 aliphatic heterocycles. The molecule has 1 aliphatic carbocycles. The Morgan fingerprint density at radius 3 is 2.47 bits per heavy atom. The lowest BCUT2D eigenvalue weighted by molar-refractivity contribution is -0.427. The number of halogens is 7. The van der Waals surface area contributed by atoms with Crippen molar-refractivity contribution >= 4 is 141 Å². The number of aldehydes is 1. The molecule has 0 fully saturated rings. The van der Waals surface area contributed by atoms with Crippen LogP contribution in [0.3, 0.4) is 0 Å². The highest BCUT2D eigenvalue weighted by atomic mass is 79.9. The maximum absolute atomic E-state index is 13.3. The van der Waals surface area contributed by atoms with Gasteiger partial charge in [-0.2, -0.15) is 0 Å². The summed E-state index contributed by atoms with van der Waals surface area (Å²) in [6.07, 6.45) is 5.24. The first-order valence-corrected chi connectivity index (χ1v) is 16.8. The molecular weight excluding hydrogens is 894 g/mol. The van der Waals surface area contributed by atoms with E-state index < -0.39 is 14.7 Å². The molecular formula is C19H16BBr7O4S. The monoisotopic (exact) mass is 904 g/mol. The Balaban J connectivity index is 2.31. The van der Waals surface area contributed by atoms with Crippen LogP contribution in [0.1, 0.15) is 6.92 Å². The van der Waals surface area contributed by atoms with Crippen molar-refractivity contribution in [1.29, 1.82) is 0 Å². The average molecular weight is 911 g/mol. The summed E-state index contributed by atoms with van der Waals surface area (Å²) in [5.41, 5.74) is 0.220. The van der Waals surface area contributed by atoms with Crippen LogP contribution in [0.4, 0.5) is 0 Å². The number of rotatable bonds is 9. The molecule has 4 atom stereocenters. The Morgan fingerprint density at radius 2 is 1.94 bits per heavy atom. The van der Waals surface area contributed by atoms with E-state index >= 15 is 0 Å². The van der Waals surface area contributed by atoms with E-state index in [-0.39, 0.29) is 29.7 Å². The van der Waals surface area contributed by atoms with Gasteiger partial charge in [0.1, 0.15) is 25.0 Å². The first-order chi connectivity index (χ1) is 14.9. The fourth-order valence-electron chi connectivity index (χ4n) is 2.40. The third kappa shape index (κ3) is 7.70. The van der Waals surface area contributed by atoms with E-state index in [0.717, 1.165) is 0 Å². The molecule has 4 unspecified atom stereocenters. The summed E-state index contributed by atoms with van der Waals surface area (Å²) in [6, 6.07) is 2.89. The van der Waals surface area contributed by atoms with Gasteiger partial charge >= 0.3 is 0 Å². The number of sulfone groups is 1. The van der Waals surface area contributed by atoms with Gasteiger partial charge in [-0.3, -0.25) is 0 Å². The summed E-state index contributed by atoms with van der Waals surface area (Å²) in [5.74, 6) is 0.393. The molecule has 2 radical (unpaired) electrons. The summed E-state index contributed by atoms with van der Waals surface area (Å²) in [7, 11) is 2.28. The number of alkyl halides is 5. The van der Waals surface area contributed by atoms with Crippen molar-refractivity contribution in [3.8, 4) is 5.75 Å². The van der Waals surface area contributed by atoms with Crippen molar-refractivity contribution in [3.05, 3.63) is 44.2 Å². The number of ether oxygens (including phenoxy) is 1. The van der Waals surface area contributed by atoms with Crippen LogP contribution in [-0.2, 0) is 14.3 Å². The smallest absolute Gasteiger partial charge is 0.248 e. The Kier molecular flexibility index (Phi) is 12.1. The average Bonchev–Trinajstić information content (AvgIpc) is 2.71. The minimum absolute atomic E-state index is 0.00252. The van der Waals surface area contributed by atoms with Crippen LogP contribution in [0.25, 0.3) is 0 Å². The molecule has 0 bridgehead atoms. The summed E-state index contributed by atoms with van der Waals surface area (Å²) >= 11 is 24.1. The van der Waals surface area contributed by atoms with E-state index in [1.54, 1.807) is 12.4 Å². The normalized spacial score (nSPS) is 20.0. The molecule has 0 saturated heterocycles. The molecule has 174 valence electrons. The summed E-state index contributed by atoms with van der Waals surface area (Å²) in [6.45, 7) is 2.34. The van der Waals surface area contributed by atoms with E-state index in [4.69, 9.17) is 17.0 Å². The molecule has 1 aromatic rings. The molecule has 0 aromatic heterocycles. The fraction of sp³-hybridized carbons (Fsp3) is 0.368. The first-order valence-electron chi connectivity index (χ1n) is 8.93. The Labute approximate surface area is 248 Å². The molecule has 4 nitrogen and oxygen atoms in total. The van der Waals surface area contributed by atoms with Crippen LogP contribution in [0, 0.1) is 6.10 Å². The van der Waals surface area contributed by atoms with Crippen molar-refractivity contribution in [3.63, 3.8) is 0 Å². The molecule has 0 spiro atoms. The zero-order chi connectivity index (χ0) is 24.2. The topological polar surface area (TPSA) is 54.7 Å². The highest BCUT2D eigenvalue weighted by Crippen LogP contribution is 2.38. The van der Waals surface area contributed by atoms with Gasteiger partial charge in [0.15, 0.2) is 9.84 Å². The van der Waals surface area contributed by atoms with Gasteiger partial charge in [0.25, 0.3) is 0 Å². The van der Waals surface area contributed by atoms with Crippen molar-refractivity contribution in [2.45, 2.75) is 31.1 Å². The van der Waals surface area contributed by atoms with Gasteiger partial charge in [0, 0.05) is 19.5 Å². The van der Waals surface area contributed by atoms with E-state index in [9.17, 15) is 8.42 Å². The van der Waals surface area contributed by atoms with Crippen LogP contribution in [0.2, 0.25) is 0 Å². The molecule has 1 aliphatic rings. The second kappa shape index (κ2) is 13.1. The maximum Gasteiger partial charge on any atom is 0.248 e. The van der Waals surface area contributed by atoms with Gasteiger partial charge in [-0.15, -0.1) is 6.08 Å². The third-order valence-electron chi connectivity index (χ3n) is 4.11. The summed E-state index contributed by atoms with van der Waals surface area (Å²) in [4.78, 5) is -0.0286. The Hall–Kier alpha value is 1.41. The van der Waals surface area contributed by atoms with Crippen molar-refractivity contribution in [2.75, 3.05) is 11.9 Å². The van der Waals surface area contributed by atoms with Crippen LogP contribution in [0.15, 0.2) is 43.0 Å². The minimum Gasteiger partial charge on any atom is -0.492 e. The lowest BCUT2D eigenvalue weighted by Gasteiger charge is -2.21. The Morgan fingerprint density at radius 1 is 1.28 bits per heavy atom. The predicted octanol–water partition coefficient (Wildman–Crippen LogP) is 6.31. The molecule has 0 saturated carbocycles. The lowest BCUT2D eigenvalue weighted by Crippen LogP contribution is -2.23. The van der Waals surface area contributed by atoms with E-state index in [0.29, 0.717) is 32.7 Å². The molecule has 2 rings (SSSR count). The third-order valence-corrected chi connectivity index (χ3v) is 12.2. The van der Waals surface area contributed by atoms with Crippen molar-refractivity contribution in [1.82, 2.24) is 0 Å². The minimum atomic E-state index is -3.85. The molecule has 32 heavy (non-hydrogen) atoms. The van der Waals surface area contributed by atoms with Crippen LogP contribution < -0.4 is 10.2 Å². The number of carbonyl (C=O) groups excluding carboxylic acids is 1. The summed E-state index contributed by atoms with van der Waals surface area (Å²) < 4.78 is 39.1.